The van der Waals surface area contributed by atoms with Gasteiger partial charge in [-0.3, -0.25) is 4.79 Å². The molecule has 0 saturated heterocycles. The number of para-hydroxylation sites is 1. The molecule has 0 spiro atoms. The largest absolute Gasteiger partial charge is 0.494 e. The molecule has 5 rings (SSSR count). The topological polar surface area (TPSA) is 95.9 Å². The van der Waals surface area contributed by atoms with E-state index in [2.05, 4.69) is 18.9 Å². The molecule has 0 N–H and O–H groups in total. The number of aromatic nitrogens is 2. The number of hydrogen-bond donors (Lipinski definition) is 0. The van der Waals surface area contributed by atoms with E-state index in [4.69, 9.17) is 18.9 Å². The lowest BCUT2D eigenvalue weighted by atomic mass is 9.96. The molecule has 0 aliphatic heterocycles. The molecule has 2 aromatic heterocycles. The number of carbonyl (C=O) groups excluding carboxylic acids is 1. The SMILES string of the molecule is CCOc1cc(C)c(-c2nc3ccccc3c(=O)n2N=Cc2ccc(-c3ccc(C(=O)OC)cc3C)o2)cc1C(C)C. The Balaban J connectivity index is 1.60. The summed E-state index contributed by atoms with van der Waals surface area (Å²) in [5.74, 6) is 2.12. The van der Waals surface area contributed by atoms with Crippen LogP contribution in [-0.2, 0) is 4.74 Å². The summed E-state index contributed by atoms with van der Waals surface area (Å²) in [5, 5.41) is 5.05. The first-order valence-corrected chi connectivity index (χ1v) is 13.8. The van der Waals surface area contributed by atoms with Crippen LogP contribution in [0, 0.1) is 13.8 Å². The summed E-state index contributed by atoms with van der Waals surface area (Å²) in [4.78, 5) is 30.5. The number of fused-ring (bicyclic) bond motifs is 1. The molecule has 8 heteroatoms. The van der Waals surface area contributed by atoms with Gasteiger partial charge in [-0.25, -0.2) is 9.78 Å². The quantitative estimate of drug-likeness (QED) is 0.147. The van der Waals surface area contributed by atoms with E-state index >= 15 is 0 Å². The minimum atomic E-state index is -0.398. The molecular formula is C34H33N3O5. The second kappa shape index (κ2) is 11.9. The number of furan rings is 1. The Bertz CT molecular complexity index is 1880. The van der Waals surface area contributed by atoms with Crippen molar-refractivity contribution in [2.75, 3.05) is 13.7 Å². The van der Waals surface area contributed by atoms with Crippen LogP contribution in [0.3, 0.4) is 0 Å². The van der Waals surface area contributed by atoms with Gasteiger partial charge in [0.2, 0.25) is 0 Å². The highest BCUT2D eigenvalue weighted by atomic mass is 16.5. The lowest BCUT2D eigenvalue weighted by Crippen LogP contribution is -2.20. The number of methoxy groups -OCH3 is 1. The highest BCUT2D eigenvalue weighted by Crippen LogP contribution is 2.34. The van der Waals surface area contributed by atoms with Gasteiger partial charge in [-0.2, -0.15) is 9.78 Å². The predicted molar refractivity (Wildman–Crippen MR) is 165 cm³/mol. The zero-order valence-electron chi connectivity index (χ0n) is 24.6. The molecule has 5 aromatic rings. The Kier molecular flexibility index (Phi) is 8.06. The van der Waals surface area contributed by atoms with Crippen LogP contribution in [0.1, 0.15) is 59.5 Å². The third-order valence-corrected chi connectivity index (χ3v) is 7.11. The summed E-state index contributed by atoms with van der Waals surface area (Å²) in [6, 6.07) is 20.2. The van der Waals surface area contributed by atoms with Crippen molar-refractivity contribution in [3.05, 3.63) is 105 Å². The number of rotatable bonds is 8. The average molecular weight is 564 g/mol. The molecule has 42 heavy (non-hydrogen) atoms. The van der Waals surface area contributed by atoms with Gasteiger partial charge in [0.1, 0.15) is 17.3 Å². The average Bonchev–Trinajstić information content (AvgIpc) is 3.45. The van der Waals surface area contributed by atoms with E-state index in [1.165, 1.54) is 18.0 Å². The number of carbonyl (C=O) groups is 1. The van der Waals surface area contributed by atoms with Gasteiger partial charge < -0.3 is 13.9 Å². The maximum Gasteiger partial charge on any atom is 0.337 e. The van der Waals surface area contributed by atoms with Crippen LogP contribution in [0.25, 0.3) is 33.6 Å². The summed E-state index contributed by atoms with van der Waals surface area (Å²) in [7, 11) is 1.35. The van der Waals surface area contributed by atoms with E-state index in [-0.39, 0.29) is 11.5 Å². The lowest BCUT2D eigenvalue weighted by Gasteiger charge is -2.18. The molecule has 0 bridgehead atoms. The third-order valence-electron chi connectivity index (χ3n) is 7.11. The smallest absolute Gasteiger partial charge is 0.337 e. The van der Waals surface area contributed by atoms with Crippen LogP contribution >= 0.6 is 0 Å². The molecule has 0 aliphatic rings. The van der Waals surface area contributed by atoms with Crippen molar-refractivity contribution in [2.24, 2.45) is 5.10 Å². The van der Waals surface area contributed by atoms with Crippen molar-refractivity contribution in [2.45, 2.75) is 40.5 Å². The summed E-state index contributed by atoms with van der Waals surface area (Å²) >= 11 is 0. The van der Waals surface area contributed by atoms with E-state index in [1.54, 1.807) is 24.3 Å². The fourth-order valence-electron chi connectivity index (χ4n) is 4.94. The molecule has 8 nitrogen and oxygen atoms in total. The van der Waals surface area contributed by atoms with Crippen LogP contribution in [0.5, 0.6) is 5.75 Å². The highest BCUT2D eigenvalue weighted by molar-refractivity contribution is 5.90. The predicted octanol–water partition coefficient (Wildman–Crippen LogP) is 7.13. The molecule has 2 heterocycles. The zero-order chi connectivity index (χ0) is 30.0. The first-order valence-electron chi connectivity index (χ1n) is 13.8. The van der Waals surface area contributed by atoms with E-state index < -0.39 is 5.97 Å². The first-order chi connectivity index (χ1) is 20.2. The second-order valence-corrected chi connectivity index (χ2v) is 10.3. The van der Waals surface area contributed by atoms with Crippen molar-refractivity contribution < 1.29 is 18.7 Å². The van der Waals surface area contributed by atoms with Crippen LogP contribution in [0.4, 0.5) is 0 Å². The fourth-order valence-corrected chi connectivity index (χ4v) is 4.94. The molecule has 214 valence electrons. The van der Waals surface area contributed by atoms with Gasteiger partial charge in [0.15, 0.2) is 5.82 Å². The molecule has 0 fully saturated rings. The van der Waals surface area contributed by atoms with Crippen LogP contribution < -0.4 is 10.3 Å². The number of nitrogens with zero attached hydrogens (tertiary/aromatic N) is 3. The zero-order valence-corrected chi connectivity index (χ0v) is 24.6. The van der Waals surface area contributed by atoms with Gasteiger partial charge in [-0.1, -0.05) is 32.0 Å². The van der Waals surface area contributed by atoms with Crippen molar-refractivity contribution in [3.8, 4) is 28.5 Å². The molecule has 0 aliphatic carbocycles. The van der Waals surface area contributed by atoms with Gasteiger partial charge in [-0.05, 0) is 91.9 Å². The Labute approximate surface area is 244 Å². The second-order valence-electron chi connectivity index (χ2n) is 10.3. The summed E-state index contributed by atoms with van der Waals surface area (Å²) in [6.07, 6.45) is 1.51. The van der Waals surface area contributed by atoms with Crippen LogP contribution in [0.2, 0.25) is 0 Å². The number of ether oxygens (including phenoxy) is 2. The van der Waals surface area contributed by atoms with E-state index in [0.717, 1.165) is 33.6 Å². The Morgan fingerprint density at radius 2 is 1.79 bits per heavy atom. The monoisotopic (exact) mass is 563 g/mol. The standard InChI is InChI=1S/C34H33N3O5/c1-7-41-31-17-22(5)28(18-27(31)20(2)3)32-36-29-11-9-8-10-26(29)33(38)37(32)35-19-24-13-15-30(42-24)25-14-12-23(16-21(25)4)34(39)40-6/h8-20H,7H2,1-6H3. The number of hydrogen-bond acceptors (Lipinski definition) is 7. The summed E-state index contributed by atoms with van der Waals surface area (Å²) in [6.45, 7) is 10.6. The van der Waals surface area contributed by atoms with Crippen molar-refractivity contribution >= 4 is 23.1 Å². The van der Waals surface area contributed by atoms with Crippen molar-refractivity contribution in [1.29, 1.82) is 0 Å². The summed E-state index contributed by atoms with van der Waals surface area (Å²) < 4.78 is 18.1. The van der Waals surface area contributed by atoms with Crippen LogP contribution in [0.15, 0.2) is 81.0 Å². The Hall–Kier alpha value is -4.98. The Morgan fingerprint density at radius 1 is 1.02 bits per heavy atom. The van der Waals surface area contributed by atoms with E-state index in [0.29, 0.717) is 40.4 Å². The van der Waals surface area contributed by atoms with E-state index in [9.17, 15) is 9.59 Å². The van der Waals surface area contributed by atoms with Gasteiger partial charge in [0.25, 0.3) is 5.56 Å². The number of esters is 1. The maximum absolute atomic E-state index is 13.7. The van der Waals surface area contributed by atoms with Gasteiger partial charge in [0.05, 0.1) is 36.4 Å². The lowest BCUT2D eigenvalue weighted by molar-refractivity contribution is 0.0600. The Morgan fingerprint density at radius 3 is 2.50 bits per heavy atom. The number of aryl methyl sites for hydroxylation is 2. The molecular weight excluding hydrogens is 530 g/mol. The molecule has 0 amide bonds. The molecule has 0 atom stereocenters. The van der Waals surface area contributed by atoms with Crippen LogP contribution in [-0.4, -0.2) is 35.6 Å². The highest BCUT2D eigenvalue weighted by Gasteiger charge is 2.19. The van der Waals surface area contributed by atoms with E-state index in [1.807, 2.05) is 63.2 Å². The van der Waals surface area contributed by atoms with Gasteiger partial charge in [0, 0.05) is 11.1 Å². The fraction of sp³-hybridized carbons (Fsp3) is 0.235. The van der Waals surface area contributed by atoms with Crippen molar-refractivity contribution in [1.82, 2.24) is 9.66 Å². The van der Waals surface area contributed by atoms with Gasteiger partial charge in [-0.15, -0.1) is 0 Å². The molecule has 0 radical (unpaired) electrons. The molecule has 3 aromatic carbocycles. The third kappa shape index (κ3) is 5.48. The minimum Gasteiger partial charge on any atom is -0.494 e. The van der Waals surface area contributed by atoms with Gasteiger partial charge >= 0.3 is 5.97 Å². The summed E-state index contributed by atoms with van der Waals surface area (Å²) in [5.41, 5.74) is 5.21. The normalized spacial score (nSPS) is 11.5. The minimum absolute atomic E-state index is 0.196. The number of benzene rings is 3. The first kappa shape index (κ1) is 28.5. The van der Waals surface area contributed by atoms with Crippen molar-refractivity contribution in [3.63, 3.8) is 0 Å². The maximum atomic E-state index is 13.7. The molecule has 0 saturated carbocycles. The molecule has 0 unspecified atom stereocenters.